The minimum atomic E-state index is -0.924. The van der Waals surface area contributed by atoms with Gasteiger partial charge in [-0.25, -0.2) is 0 Å². The highest BCUT2D eigenvalue weighted by molar-refractivity contribution is 8.00. The number of nitrogens with one attached hydrogen (secondary N) is 1. The topological polar surface area (TPSA) is 66.4 Å². The molecule has 0 bridgehead atoms. The van der Waals surface area contributed by atoms with Crippen LogP contribution in [0.5, 0.6) is 0 Å². The van der Waals surface area contributed by atoms with E-state index < -0.39 is 17.3 Å². The highest BCUT2D eigenvalue weighted by Gasteiger charge is 2.38. The first kappa shape index (κ1) is 14.6. The molecule has 112 valence electrons. The molecule has 0 saturated carbocycles. The van der Waals surface area contributed by atoms with E-state index in [0.717, 1.165) is 19.3 Å². The third kappa shape index (κ3) is 3.14. The van der Waals surface area contributed by atoms with Gasteiger partial charge in [-0.3, -0.25) is 14.9 Å². The molecule has 1 aromatic carbocycles. The van der Waals surface area contributed by atoms with Gasteiger partial charge in [0.1, 0.15) is 11.8 Å². The lowest BCUT2D eigenvalue weighted by Crippen LogP contribution is -2.42. The second-order valence-corrected chi connectivity index (χ2v) is 6.93. The lowest BCUT2D eigenvalue weighted by molar-refractivity contribution is -0.140. The van der Waals surface area contributed by atoms with Crippen LogP contribution in [0.15, 0.2) is 24.3 Å². The number of Topliss-reactive ketones (excluding diaryl/α,β-unsaturated/α-hetero) is 1. The Morgan fingerprint density at radius 1 is 1.29 bits per heavy atom. The summed E-state index contributed by atoms with van der Waals surface area (Å²) in [6, 6.07) is 7.67. The summed E-state index contributed by atoms with van der Waals surface area (Å²) in [5.41, 5.74) is 2.73. The Labute approximate surface area is 128 Å². The third-order valence-electron chi connectivity index (χ3n) is 4.39. The molecule has 0 aromatic heterocycles. The number of benzene rings is 1. The Balaban J connectivity index is 1.62. The van der Waals surface area contributed by atoms with Crippen molar-refractivity contribution in [2.24, 2.45) is 5.92 Å². The first-order valence-electron chi connectivity index (χ1n) is 7.32. The second-order valence-electron chi connectivity index (χ2n) is 5.80. The first-order valence-corrected chi connectivity index (χ1v) is 8.37. The molecule has 1 saturated heterocycles. The van der Waals surface area contributed by atoms with Gasteiger partial charge < -0.3 is 5.11 Å². The van der Waals surface area contributed by atoms with Crippen molar-refractivity contribution in [1.29, 1.82) is 0 Å². The lowest BCUT2D eigenvalue weighted by atomic mass is 9.81. The summed E-state index contributed by atoms with van der Waals surface area (Å²) in [5.74, 6) is 0.0538. The van der Waals surface area contributed by atoms with Crippen LogP contribution >= 0.6 is 11.8 Å². The SMILES string of the molecule is O=C(C[C@@H]1CCc2ccccc2C1)C1SCN[C@@H]1C(=O)O. The van der Waals surface area contributed by atoms with E-state index >= 15 is 0 Å². The maximum atomic E-state index is 12.4. The molecule has 5 heteroatoms. The highest BCUT2D eigenvalue weighted by Crippen LogP contribution is 2.30. The van der Waals surface area contributed by atoms with Gasteiger partial charge in [0.05, 0.1) is 5.25 Å². The summed E-state index contributed by atoms with van der Waals surface area (Å²) in [6.07, 6.45) is 3.47. The van der Waals surface area contributed by atoms with E-state index in [1.807, 2.05) is 6.07 Å². The Kier molecular flexibility index (Phi) is 4.31. The van der Waals surface area contributed by atoms with E-state index in [0.29, 0.717) is 18.2 Å². The molecular formula is C16H19NO3S. The van der Waals surface area contributed by atoms with Gasteiger partial charge in [0.25, 0.3) is 0 Å². The molecule has 1 aromatic rings. The number of fused-ring (bicyclic) bond motifs is 1. The standard InChI is InChI=1S/C16H19NO3S/c18-13(15-14(16(19)20)17-9-21-15)8-10-5-6-11-3-1-2-4-12(11)7-10/h1-4,10,14-15,17H,5-9H2,(H,19,20)/t10-,14+,15?/m1/s1. The Morgan fingerprint density at radius 2 is 2.05 bits per heavy atom. The minimum Gasteiger partial charge on any atom is -0.480 e. The zero-order chi connectivity index (χ0) is 14.8. The molecule has 3 atom stereocenters. The molecule has 1 unspecified atom stereocenters. The van der Waals surface area contributed by atoms with E-state index in [-0.39, 0.29) is 5.78 Å². The van der Waals surface area contributed by atoms with Gasteiger partial charge in [0, 0.05) is 12.3 Å². The Hall–Kier alpha value is -1.33. The normalized spacial score (nSPS) is 28.1. The number of aliphatic carboxylic acids is 1. The van der Waals surface area contributed by atoms with Crippen molar-refractivity contribution in [3.63, 3.8) is 0 Å². The molecule has 2 aliphatic rings. The monoisotopic (exact) mass is 305 g/mol. The fourth-order valence-corrected chi connectivity index (χ4v) is 4.42. The van der Waals surface area contributed by atoms with Crippen LogP contribution in [0.2, 0.25) is 0 Å². The zero-order valence-electron chi connectivity index (χ0n) is 11.7. The molecular weight excluding hydrogens is 286 g/mol. The van der Waals surface area contributed by atoms with Crippen LogP contribution in [0, 0.1) is 5.92 Å². The highest BCUT2D eigenvalue weighted by atomic mass is 32.2. The first-order chi connectivity index (χ1) is 10.1. The van der Waals surface area contributed by atoms with Crippen LogP contribution in [0.1, 0.15) is 24.0 Å². The number of ketones is 1. The summed E-state index contributed by atoms with van der Waals surface area (Å²) >= 11 is 1.42. The van der Waals surface area contributed by atoms with Crippen LogP contribution < -0.4 is 5.32 Å². The number of carbonyl (C=O) groups excluding carboxylic acids is 1. The minimum absolute atomic E-state index is 0.0850. The predicted molar refractivity (Wildman–Crippen MR) is 82.4 cm³/mol. The maximum Gasteiger partial charge on any atom is 0.322 e. The fourth-order valence-electron chi connectivity index (χ4n) is 3.27. The molecule has 1 heterocycles. The summed E-state index contributed by atoms with van der Waals surface area (Å²) < 4.78 is 0. The average molecular weight is 305 g/mol. The molecule has 2 N–H and O–H groups in total. The molecule has 0 spiro atoms. The number of carboxylic acid groups (broad SMARTS) is 1. The van der Waals surface area contributed by atoms with Crippen LogP contribution in [-0.4, -0.2) is 34.0 Å². The smallest absolute Gasteiger partial charge is 0.322 e. The number of rotatable bonds is 4. The third-order valence-corrected chi connectivity index (χ3v) is 5.62. The van der Waals surface area contributed by atoms with E-state index in [9.17, 15) is 9.59 Å². The van der Waals surface area contributed by atoms with Gasteiger partial charge in [-0.1, -0.05) is 24.3 Å². The van der Waals surface area contributed by atoms with E-state index in [1.54, 1.807) is 0 Å². The second kappa shape index (κ2) is 6.20. The molecule has 0 radical (unpaired) electrons. The number of carbonyl (C=O) groups is 2. The van der Waals surface area contributed by atoms with E-state index in [1.165, 1.54) is 22.9 Å². The zero-order valence-corrected chi connectivity index (χ0v) is 12.6. The summed E-state index contributed by atoms with van der Waals surface area (Å²) in [5, 5.41) is 11.6. The molecule has 1 fully saturated rings. The van der Waals surface area contributed by atoms with Crippen molar-refractivity contribution < 1.29 is 14.7 Å². The quantitative estimate of drug-likeness (QED) is 0.889. The van der Waals surface area contributed by atoms with E-state index in [2.05, 4.69) is 23.5 Å². The largest absolute Gasteiger partial charge is 0.480 e. The lowest BCUT2D eigenvalue weighted by Gasteiger charge is -2.25. The van der Waals surface area contributed by atoms with Crippen molar-refractivity contribution in [2.75, 3.05) is 5.88 Å². The number of carboxylic acids is 1. The average Bonchev–Trinajstić information content (AvgIpc) is 2.97. The van der Waals surface area contributed by atoms with E-state index in [4.69, 9.17) is 5.11 Å². The number of aryl methyl sites for hydroxylation is 1. The molecule has 1 aliphatic carbocycles. The van der Waals surface area contributed by atoms with Crippen LogP contribution in [-0.2, 0) is 22.4 Å². The summed E-state index contributed by atoms with van der Waals surface area (Å²) in [4.78, 5) is 23.6. The van der Waals surface area contributed by atoms with Crippen molar-refractivity contribution >= 4 is 23.5 Å². The molecule has 3 rings (SSSR count). The number of thioether (sulfide) groups is 1. The van der Waals surface area contributed by atoms with Gasteiger partial charge in [0.15, 0.2) is 0 Å². The predicted octanol–water partition coefficient (Wildman–Crippen LogP) is 1.87. The van der Waals surface area contributed by atoms with Crippen molar-refractivity contribution in [3.05, 3.63) is 35.4 Å². The van der Waals surface area contributed by atoms with Crippen molar-refractivity contribution in [1.82, 2.24) is 5.32 Å². The fraction of sp³-hybridized carbons (Fsp3) is 0.500. The van der Waals surface area contributed by atoms with Crippen molar-refractivity contribution in [2.45, 2.75) is 37.0 Å². The Morgan fingerprint density at radius 3 is 2.81 bits per heavy atom. The van der Waals surface area contributed by atoms with Crippen LogP contribution in [0.4, 0.5) is 0 Å². The van der Waals surface area contributed by atoms with Gasteiger partial charge >= 0.3 is 5.97 Å². The van der Waals surface area contributed by atoms with Crippen molar-refractivity contribution in [3.8, 4) is 0 Å². The maximum absolute atomic E-state index is 12.4. The van der Waals surface area contributed by atoms with Crippen LogP contribution in [0.25, 0.3) is 0 Å². The van der Waals surface area contributed by atoms with Gasteiger partial charge in [-0.15, -0.1) is 11.8 Å². The van der Waals surface area contributed by atoms with Gasteiger partial charge in [0.2, 0.25) is 0 Å². The number of hydrogen-bond acceptors (Lipinski definition) is 4. The van der Waals surface area contributed by atoms with Crippen LogP contribution in [0.3, 0.4) is 0 Å². The van der Waals surface area contributed by atoms with Gasteiger partial charge in [-0.2, -0.15) is 0 Å². The number of hydrogen-bond donors (Lipinski definition) is 2. The molecule has 1 aliphatic heterocycles. The Bertz CT molecular complexity index is 560. The summed E-state index contributed by atoms with van der Waals surface area (Å²) in [7, 11) is 0. The summed E-state index contributed by atoms with van der Waals surface area (Å²) in [6.45, 7) is 0. The molecule has 0 amide bonds. The molecule has 21 heavy (non-hydrogen) atoms. The molecule has 4 nitrogen and oxygen atoms in total. The van der Waals surface area contributed by atoms with Gasteiger partial charge in [-0.05, 0) is 36.3 Å².